The lowest BCUT2D eigenvalue weighted by Crippen LogP contribution is -2.49. The molecule has 0 saturated carbocycles. The third-order valence-corrected chi connectivity index (χ3v) is 2.43. The highest BCUT2D eigenvalue weighted by Crippen LogP contribution is 2.19. The third kappa shape index (κ3) is 8.77. The molecule has 0 aromatic heterocycles. The highest BCUT2D eigenvalue weighted by Gasteiger charge is 2.41. The van der Waals surface area contributed by atoms with Crippen molar-refractivity contribution in [3.8, 4) is 0 Å². The van der Waals surface area contributed by atoms with Crippen molar-refractivity contribution in [3.63, 3.8) is 0 Å². The molecule has 2 N–H and O–H groups in total. The number of hydrogen-bond acceptors (Lipinski definition) is 2. The van der Waals surface area contributed by atoms with Gasteiger partial charge < -0.3 is 10.6 Å². The highest BCUT2D eigenvalue weighted by molar-refractivity contribution is 5.82. The van der Waals surface area contributed by atoms with E-state index in [1.807, 2.05) is 26.1 Å². The number of hydrogen-bond donors (Lipinski definition) is 2. The second-order valence-corrected chi connectivity index (χ2v) is 6.49. The Morgan fingerprint density at radius 2 is 1.45 bits per heavy atom. The minimum Gasteiger partial charge on any atom is -0.352 e. The standard InChI is InChI=1S/C13H23F3N2O2/c1-11(2,3)17-9(19)7-6-8-12(4,5)18-10(20)13(14,15)16/h6-8H2,1-5H3,(H,17,19)(H,18,20). The van der Waals surface area contributed by atoms with E-state index in [0.29, 0.717) is 6.42 Å². The van der Waals surface area contributed by atoms with Gasteiger partial charge in [0.15, 0.2) is 0 Å². The Hall–Kier alpha value is -1.27. The molecule has 0 aliphatic heterocycles. The maximum atomic E-state index is 12.1. The molecular weight excluding hydrogens is 273 g/mol. The fourth-order valence-electron chi connectivity index (χ4n) is 1.61. The van der Waals surface area contributed by atoms with Crippen molar-refractivity contribution in [1.82, 2.24) is 10.6 Å². The summed E-state index contributed by atoms with van der Waals surface area (Å²) >= 11 is 0. The first-order valence-electron chi connectivity index (χ1n) is 6.43. The highest BCUT2D eigenvalue weighted by atomic mass is 19.4. The van der Waals surface area contributed by atoms with Crippen LogP contribution in [0, 0.1) is 0 Å². The van der Waals surface area contributed by atoms with E-state index in [1.165, 1.54) is 13.8 Å². The van der Waals surface area contributed by atoms with Crippen LogP contribution in [0.1, 0.15) is 53.9 Å². The molecule has 0 atom stereocenters. The monoisotopic (exact) mass is 296 g/mol. The van der Waals surface area contributed by atoms with Gasteiger partial charge in [0.05, 0.1) is 0 Å². The Bertz CT molecular complexity index is 358. The van der Waals surface area contributed by atoms with E-state index in [-0.39, 0.29) is 24.3 Å². The van der Waals surface area contributed by atoms with Crippen molar-refractivity contribution in [2.75, 3.05) is 0 Å². The molecule has 0 spiro atoms. The lowest BCUT2D eigenvalue weighted by molar-refractivity contribution is -0.175. The van der Waals surface area contributed by atoms with Crippen LogP contribution in [0.15, 0.2) is 0 Å². The first kappa shape index (κ1) is 18.7. The smallest absolute Gasteiger partial charge is 0.352 e. The quantitative estimate of drug-likeness (QED) is 0.819. The maximum Gasteiger partial charge on any atom is 0.471 e. The van der Waals surface area contributed by atoms with Crippen LogP contribution in [0.3, 0.4) is 0 Å². The summed E-state index contributed by atoms with van der Waals surface area (Å²) < 4.78 is 36.4. The molecule has 0 aromatic rings. The van der Waals surface area contributed by atoms with Crippen LogP contribution in [0.5, 0.6) is 0 Å². The van der Waals surface area contributed by atoms with Crippen LogP contribution < -0.4 is 10.6 Å². The predicted octanol–water partition coefficient (Wildman–Crippen LogP) is 2.53. The van der Waals surface area contributed by atoms with Crippen molar-refractivity contribution in [1.29, 1.82) is 0 Å². The second-order valence-electron chi connectivity index (χ2n) is 6.49. The lowest BCUT2D eigenvalue weighted by atomic mass is 9.96. The topological polar surface area (TPSA) is 58.2 Å². The fraction of sp³-hybridized carbons (Fsp3) is 0.846. The van der Waals surface area contributed by atoms with E-state index in [2.05, 4.69) is 5.32 Å². The average Bonchev–Trinajstić information content (AvgIpc) is 2.11. The molecule has 20 heavy (non-hydrogen) atoms. The van der Waals surface area contributed by atoms with Gasteiger partial charge in [-0.2, -0.15) is 13.2 Å². The summed E-state index contributed by atoms with van der Waals surface area (Å²) in [5.74, 6) is -2.11. The molecule has 0 rings (SSSR count). The molecule has 118 valence electrons. The molecular formula is C13H23F3N2O2. The van der Waals surface area contributed by atoms with Crippen LogP contribution in [-0.4, -0.2) is 29.1 Å². The summed E-state index contributed by atoms with van der Waals surface area (Å²) in [6.45, 7) is 8.53. The molecule has 0 bridgehead atoms. The Balaban J connectivity index is 4.18. The molecule has 0 aromatic carbocycles. The van der Waals surface area contributed by atoms with Crippen molar-refractivity contribution >= 4 is 11.8 Å². The summed E-state index contributed by atoms with van der Waals surface area (Å²) in [6, 6.07) is 0. The lowest BCUT2D eigenvalue weighted by Gasteiger charge is -2.27. The van der Waals surface area contributed by atoms with Gasteiger partial charge in [0.1, 0.15) is 0 Å². The average molecular weight is 296 g/mol. The number of carbonyl (C=O) groups excluding carboxylic acids is 2. The van der Waals surface area contributed by atoms with Crippen LogP contribution in [0.2, 0.25) is 0 Å². The number of amides is 2. The molecule has 0 aliphatic rings. The van der Waals surface area contributed by atoms with E-state index in [0.717, 1.165) is 0 Å². The third-order valence-electron chi connectivity index (χ3n) is 2.43. The molecule has 0 radical (unpaired) electrons. The fourth-order valence-corrected chi connectivity index (χ4v) is 1.61. The Labute approximate surface area is 117 Å². The predicted molar refractivity (Wildman–Crippen MR) is 70.0 cm³/mol. The minimum atomic E-state index is -4.89. The summed E-state index contributed by atoms with van der Waals surface area (Å²) in [4.78, 5) is 22.4. The Morgan fingerprint density at radius 1 is 0.950 bits per heavy atom. The zero-order valence-corrected chi connectivity index (χ0v) is 12.6. The van der Waals surface area contributed by atoms with Gasteiger partial charge in [0.25, 0.3) is 0 Å². The molecule has 2 amide bonds. The Kier molecular flexibility index (Phi) is 6.04. The number of carbonyl (C=O) groups is 2. The minimum absolute atomic E-state index is 0.157. The van der Waals surface area contributed by atoms with Crippen LogP contribution in [0.25, 0.3) is 0 Å². The van der Waals surface area contributed by atoms with Crippen molar-refractivity contribution in [2.45, 2.75) is 71.1 Å². The number of nitrogens with one attached hydrogen (secondary N) is 2. The van der Waals surface area contributed by atoms with Gasteiger partial charge in [-0.25, -0.2) is 0 Å². The first-order valence-corrected chi connectivity index (χ1v) is 6.43. The van der Waals surface area contributed by atoms with Crippen molar-refractivity contribution < 1.29 is 22.8 Å². The second kappa shape index (κ2) is 6.45. The number of halogens is 3. The van der Waals surface area contributed by atoms with Crippen LogP contribution >= 0.6 is 0 Å². The first-order chi connectivity index (χ1) is 8.73. The molecule has 0 saturated heterocycles. The maximum absolute atomic E-state index is 12.1. The number of alkyl halides is 3. The summed E-state index contributed by atoms with van der Waals surface area (Å²) in [5.41, 5.74) is -1.34. The number of rotatable bonds is 5. The van der Waals surface area contributed by atoms with Gasteiger partial charge in [-0.3, -0.25) is 9.59 Å². The van der Waals surface area contributed by atoms with Crippen molar-refractivity contribution in [2.24, 2.45) is 0 Å². The van der Waals surface area contributed by atoms with E-state index < -0.39 is 17.6 Å². The van der Waals surface area contributed by atoms with Crippen LogP contribution in [-0.2, 0) is 9.59 Å². The normalized spacial score (nSPS) is 13.0. The summed E-state index contributed by atoms with van der Waals surface area (Å²) in [7, 11) is 0. The SMILES string of the molecule is CC(C)(C)NC(=O)CCCC(C)(C)NC(=O)C(F)(F)F. The molecule has 0 aliphatic carbocycles. The van der Waals surface area contributed by atoms with Gasteiger partial charge in [0, 0.05) is 17.5 Å². The molecule has 0 heterocycles. The van der Waals surface area contributed by atoms with E-state index in [9.17, 15) is 22.8 Å². The zero-order chi connectivity index (χ0) is 16.2. The van der Waals surface area contributed by atoms with Gasteiger partial charge in [-0.1, -0.05) is 0 Å². The van der Waals surface area contributed by atoms with Crippen molar-refractivity contribution in [3.05, 3.63) is 0 Å². The van der Waals surface area contributed by atoms with Gasteiger partial charge in [-0.05, 0) is 47.5 Å². The van der Waals surface area contributed by atoms with Crippen LogP contribution in [0.4, 0.5) is 13.2 Å². The van der Waals surface area contributed by atoms with Gasteiger partial charge in [0.2, 0.25) is 5.91 Å². The molecule has 4 nitrogen and oxygen atoms in total. The molecule has 0 unspecified atom stereocenters. The van der Waals surface area contributed by atoms with E-state index in [4.69, 9.17) is 0 Å². The Morgan fingerprint density at radius 3 is 1.85 bits per heavy atom. The molecule has 0 fully saturated rings. The largest absolute Gasteiger partial charge is 0.471 e. The van der Waals surface area contributed by atoms with Gasteiger partial charge >= 0.3 is 12.1 Å². The van der Waals surface area contributed by atoms with E-state index in [1.54, 1.807) is 0 Å². The summed E-state index contributed by atoms with van der Waals surface area (Å²) in [5, 5.41) is 4.69. The summed E-state index contributed by atoms with van der Waals surface area (Å²) in [6.07, 6.45) is -4.00. The van der Waals surface area contributed by atoms with Gasteiger partial charge in [-0.15, -0.1) is 0 Å². The molecule has 7 heteroatoms. The van der Waals surface area contributed by atoms with E-state index >= 15 is 0 Å². The zero-order valence-electron chi connectivity index (χ0n) is 12.6.